The monoisotopic (exact) mass is 553 g/mol. The van der Waals surface area contributed by atoms with Crippen LogP contribution in [-0.2, 0) is 9.47 Å². The lowest BCUT2D eigenvalue weighted by Crippen LogP contribution is -2.48. The molecule has 9 heteroatoms. The quantitative estimate of drug-likeness (QED) is 0.310. The van der Waals surface area contributed by atoms with E-state index in [2.05, 4.69) is 23.3 Å². The number of benzene rings is 2. The molecule has 1 amide bonds. The number of hydrogen-bond donors (Lipinski definition) is 1. The third-order valence-corrected chi connectivity index (χ3v) is 7.59. The van der Waals surface area contributed by atoms with Gasteiger partial charge in [-0.1, -0.05) is 13.0 Å². The molecule has 1 N–H and O–H groups in total. The zero-order chi connectivity index (χ0) is 28.4. The number of methoxy groups -OCH3 is 1. The number of ether oxygens (including phenoxy) is 4. The number of carbonyl (C=O) groups excluding carboxylic acids is 1. The molecule has 0 aliphatic carbocycles. The minimum atomic E-state index is -0.172. The number of nitrogens with one attached hydrogen (secondary N) is 1. The van der Waals surface area contributed by atoms with E-state index in [1.54, 1.807) is 25.4 Å². The van der Waals surface area contributed by atoms with E-state index in [1.165, 1.54) is 0 Å². The van der Waals surface area contributed by atoms with Crippen molar-refractivity contribution in [1.82, 2.24) is 10.3 Å². The number of amides is 1. The van der Waals surface area contributed by atoms with Crippen LogP contribution in [0.2, 0.25) is 0 Å². The maximum Gasteiger partial charge on any atom is 0.251 e. The van der Waals surface area contributed by atoms with Crippen molar-refractivity contribution in [3.05, 3.63) is 65.9 Å². The van der Waals surface area contributed by atoms with Crippen molar-refractivity contribution < 1.29 is 28.2 Å². The van der Waals surface area contributed by atoms with Crippen LogP contribution in [0.15, 0.2) is 59.1 Å². The fraction of sp³-hybridized carbons (Fsp3) is 0.344. The first-order valence-electron chi connectivity index (χ1n) is 13.7. The fourth-order valence-electron chi connectivity index (χ4n) is 5.14. The summed E-state index contributed by atoms with van der Waals surface area (Å²) in [6.45, 7) is 5.24. The number of aromatic nitrogens is 1. The Balaban J connectivity index is 1.27. The molecule has 0 spiro atoms. The van der Waals surface area contributed by atoms with Gasteiger partial charge in [0.15, 0.2) is 5.58 Å². The van der Waals surface area contributed by atoms with Crippen molar-refractivity contribution in [3.63, 3.8) is 0 Å². The lowest BCUT2D eigenvalue weighted by molar-refractivity contribution is -0.0978. The molecule has 2 fully saturated rings. The molecule has 2 aromatic carbocycles. The van der Waals surface area contributed by atoms with E-state index in [4.69, 9.17) is 23.4 Å². The van der Waals surface area contributed by atoms with Gasteiger partial charge in [-0.2, -0.15) is 5.26 Å². The second-order valence-electron chi connectivity index (χ2n) is 10.8. The third-order valence-electron chi connectivity index (χ3n) is 7.59. The molecule has 2 aliphatic rings. The first-order valence-corrected chi connectivity index (χ1v) is 13.7. The summed E-state index contributed by atoms with van der Waals surface area (Å²) in [5.41, 5.74) is 4.51. The molecular weight excluding hydrogens is 522 g/mol. The molecular formula is C32H31N3O6. The van der Waals surface area contributed by atoms with Gasteiger partial charge in [0.2, 0.25) is 0 Å². The average Bonchev–Trinajstić information content (AvgIpc) is 3.44. The molecule has 4 heterocycles. The molecule has 2 saturated heterocycles. The van der Waals surface area contributed by atoms with Gasteiger partial charge >= 0.3 is 0 Å². The Morgan fingerprint density at radius 3 is 2.63 bits per heavy atom. The van der Waals surface area contributed by atoms with Crippen LogP contribution >= 0.6 is 0 Å². The first-order chi connectivity index (χ1) is 20.0. The van der Waals surface area contributed by atoms with Gasteiger partial charge in [0.25, 0.3) is 5.91 Å². The van der Waals surface area contributed by atoms with E-state index in [-0.39, 0.29) is 17.4 Å². The van der Waals surface area contributed by atoms with Crippen LogP contribution < -0.4 is 14.8 Å². The Morgan fingerprint density at radius 1 is 1.07 bits per heavy atom. The van der Waals surface area contributed by atoms with E-state index < -0.39 is 0 Å². The second-order valence-corrected chi connectivity index (χ2v) is 10.8. The van der Waals surface area contributed by atoms with Gasteiger partial charge in [0.05, 0.1) is 44.7 Å². The Hall–Kier alpha value is -4.39. The van der Waals surface area contributed by atoms with Crippen molar-refractivity contribution in [3.8, 4) is 40.0 Å². The number of furan rings is 1. The van der Waals surface area contributed by atoms with Crippen LogP contribution in [-0.4, -0.2) is 57.1 Å². The zero-order valence-corrected chi connectivity index (χ0v) is 23.1. The summed E-state index contributed by atoms with van der Waals surface area (Å²) >= 11 is 0. The van der Waals surface area contributed by atoms with Crippen molar-refractivity contribution in [2.24, 2.45) is 5.41 Å². The van der Waals surface area contributed by atoms with E-state index in [0.29, 0.717) is 78.0 Å². The van der Waals surface area contributed by atoms with Crippen LogP contribution in [0.3, 0.4) is 0 Å². The van der Waals surface area contributed by atoms with Gasteiger partial charge in [0, 0.05) is 48.2 Å². The Kier molecular flexibility index (Phi) is 7.35. The topological polar surface area (TPSA) is 116 Å². The second kappa shape index (κ2) is 11.2. The molecule has 210 valence electrons. The van der Waals surface area contributed by atoms with Crippen molar-refractivity contribution >= 4 is 17.0 Å². The molecule has 0 saturated carbocycles. The molecule has 6 rings (SSSR count). The average molecular weight is 554 g/mol. The largest absolute Gasteiger partial charge is 0.496 e. The van der Waals surface area contributed by atoms with Crippen LogP contribution in [0.5, 0.6) is 11.5 Å². The number of nitriles is 1. The summed E-state index contributed by atoms with van der Waals surface area (Å²) in [7, 11) is 1.56. The summed E-state index contributed by atoms with van der Waals surface area (Å²) in [4.78, 5) is 17.3. The zero-order valence-electron chi connectivity index (χ0n) is 23.1. The van der Waals surface area contributed by atoms with Crippen LogP contribution in [0.25, 0.3) is 33.6 Å². The highest BCUT2D eigenvalue weighted by atomic mass is 16.5. The molecule has 4 aromatic rings. The number of hydrogen-bond acceptors (Lipinski definition) is 8. The van der Waals surface area contributed by atoms with E-state index in [0.717, 1.165) is 24.0 Å². The molecule has 0 atom stereocenters. The molecule has 41 heavy (non-hydrogen) atoms. The van der Waals surface area contributed by atoms with Gasteiger partial charge in [-0.15, -0.1) is 0 Å². The Bertz CT molecular complexity index is 1630. The first kappa shape index (κ1) is 26.8. The predicted octanol–water partition coefficient (Wildman–Crippen LogP) is 5.37. The van der Waals surface area contributed by atoms with E-state index >= 15 is 0 Å². The summed E-state index contributed by atoms with van der Waals surface area (Å²) < 4.78 is 28.8. The van der Waals surface area contributed by atoms with Crippen molar-refractivity contribution in [2.75, 3.05) is 40.1 Å². The number of rotatable bonds is 8. The summed E-state index contributed by atoms with van der Waals surface area (Å²) in [5, 5.41) is 12.8. The molecule has 2 aliphatic heterocycles. The summed E-state index contributed by atoms with van der Waals surface area (Å²) in [5.74, 6) is 1.47. The van der Waals surface area contributed by atoms with Gasteiger partial charge < -0.3 is 28.7 Å². The highest BCUT2D eigenvalue weighted by Gasteiger charge is 2.33. The Morgan fingerprint density at radius 2 is 1.90 bits per heavy atom. The molecule has 0 unspecified atom stereocenters. The maximum atomic E-state index is 12.8. The van der Waals surface area contributed by atoms with Crippen molar-refractivity contribution in [2.45, 2.75) is 25.9 Å². The molecule has 0 bridgehead atoms. The number of pyridine rings is 1. The minimum Gasteiger partial charge on any atom is -0.496 e. The predicted molar refractivity (Wildman–Crippen MR) is 152 cm³/mol. The lowest BCUT2D eigenvalue weighted by atomic mass is 9.88. The number of nitrogens with zero attached hydrogens (tertiary/aromatic N) is 2. The third kappa shape index (κ3) is 5.49. The summed E-state index contributed by atoms with van der Waals surface area (Å²) in [6.07, 6.45) is 3.36. The maximum absolute atomic E-state index is 12.8. The smallest absolute Gasteiger partial charge is 0.251 e. The molecule has 0 radical (unpaired) electrons. The standard InChI is InChI=1S/C32H31N3O6/c1-32(18-39-19-32)17-35-31(36)21-3-5-25(28(14-21)37-2)29-15-26-30(41-29)24(7-10-34-26)20-4-6-27(22(13-20)16-33)40-23-8-11-38-12-9-23/h3-7,10,13-15,23H,8-9,11-12,17-19H2,1-2H3,(H,35,36). The van der Waals surface area contributed by atoms with Crippen LogP contribution in [0.1, 0.15) is 35.7 Å². The fourth-order valence-corrected chi connectivity index (χ4v) is 5.14. The van der Waals surface area contributed by atoms with Crippen LogP contribution in [0.4, 0.5) is 0 Å². The molecule has 2 aromatic heterocycles. The van der Waals surface area contributed by atoms with Gasteiger partial charge in [-0.05, 0) is 42.0 Å². The highest BCUT2D eigenvalue weighted by Crippen LogP contribution is 2.38. The lowest BCUT2D eigenvalue weighted by Gasteiger charge is -2.38. The minimum absolute atomic E-state index is 0.0230. The van der Waals surface area contributed by atoms with E-state index in [1.807, 2.05) is 36.4 Å². The van der Waals surface area contributed by atoms with Crippen LogP contribution in [0, 0.1) is 16.7 Å². The highest BCUT2D eigenvalue weighted by molar-refractivity contribution is 5.96. The SMILES string of the molecule is COc1cc(C(=O)NCC2(C)COC2)ccc1-c1cc2nccc(-c3ccc(OC4CCOCC4)c(C#N)c3)c2o1. The van der Waals surface area contributed by atoms with Gasteiger partial charge in [-0.25, -0.2) is 0 Å². The number of carbonyl (C=O) groups is 1. The Labute approximate surface area is 238 Å². The van der Waals surface area contributed by atoms with Gasteiger partial charge in [0.1, 0.15) is 34.9 Å². The molecule has 9 nitrogen and oxygen atoms in total. The number of fused-ring (bicyclic) bond motifs is 1. The van der Waals surface area contributed by atoms with E-state index in [9.17, 15) is 10.1 Å². The summed E-state index contributed by atoms with van der Waals surface area (Å²) in [6, 6.07) is 16.8. The van der Waals surface area contributed by atoms with Crippen molar-refractivity contribution in [1.29, 1.82) is 5.26 Å². The normalized spacial score (nSPS) is 16.5. The van der Waals surface area contributed by atoms with Gasteiger partial charge in [-0.3, -0.25) is 9.78 Å².